The van der Waals surface area contributed by atoms with Crippen molar-refractivity contribution in [1.82, 2.24) is 5.32 Å². The zero-order valence-electron chi connectivity index (χ0n) is 10.7. The number of nitrogens with one attached hydrogen (secondary N) is 1. The van der Waals surface area contributed by atoms with E-state index < -0.39 is 17.4 Å². The zero-order valence-corrected chi connectivity index (χ0v) is 10.7. The van der Waals surface area contributed by atoms with E-state index in [4.69, 9.17) is 0 Å². The summed E-state index contributed by atoms with van der Waals surface area (Å²) >= 11 is 0. The lowest BCUT2D eigenvalue weighted by Gasteiger charge is -2.29. The van der Waals surface area contributed by atoms with Crippen molar-refractivity contribution in [2.75, 3.05) is 13.1 Å². The lowest BCUT2D eigenvalue weighted by Crippen LogP contribution is -2.46. The summed E-state index contributed by atoms with van der Waals surface area (Å²) in [6.07, 6.45) is -4.01. The third kappa shape index (κ3) is 2.39. The van der Waals surface area contributed by atoms with E-state index in [0.717, 1.165) is 5.56 Å². The predicted octanol–water partition coefficient (Wildman–Crippen LogP) is 2.97. The molecule has 0 spiro atoms. The summed E-state index contributed by atoms with van der Waals surface area (Å²) in [6.45, 7) is 1.80. The molecule has 0 amide bonds. The fourth-order valence-corrected chi connectivity index (χ4v) is 2.47. The Kier molecular flexibility index (Phi) is 3.67. The zero-order chi connectivity index (χ0) is 14.1. The van der Waals surface area contributed by atoms with Crippen LogP contribution in [-0.2, 0) is 6.42 Å². The van der Waals surface area contributed by atoms with Crippen LogP contribution in [0.3, 0.4) is 0 Å². The van der Waals surface area contributed by atoms with Gasteiger partial charge < -0.3 is 5.32 Å². The normalized spacial score (nSPS) is 23.6. The Morgan fingerprint density at radius 2 is 2.16 bits per heavy atom. The van der Waals surface area contributed by atoms with E-state index >= 15 is 0 Å². The second-order valence-electron chi connectivity index (χ2n) is 4.89. The van der Waals surface area contributed by atoms with Gasteiger partial charge in [0.15, 0.2) is 5.78 Å². The lowest BCUT2D eigenvalue weighted by molar-refractivity contribution is -0.197. The van der Waals surface area contributed by atoms with Gasteiger partial charge in [-0.15, -0.1) is 0 Å². The number of benzene rings is 1. The fourth-order valence-electron chi connectivity index (χ4n) is 2.47. The Balaban J connectivity index is 2.40. The van der Waals surface area contributed by atoms with E-state index in [9.17, 15) is 18.0 Å². The average Bonchev–Trinajstić information content (AvgIpc) is 2.88. The number of hydrogen-bond acceptors (Lipinski definition) is 2. The van der Waals surface area contributed by atoms with Crippen molar-refractivity contribution in [3.05, 3.63) is 35.4 Å². The van der Waals surface area contributed by atoms with Crippen LogP contribution in [0.1, 0.15) is 29.3 Å². The molecule has 1 fully saturated rings. The van der Waals surface area contributed by atoms with Crippen LogP contribution in [0.4, 0.5) is 13.2 Å². The molecular weight excluding hydrogens is 255 g/mol. The van der Waals surface area contributed by atoms with Crippen molar-refractivity contribution in [2.45, 2.75) is 25.9 Å². The van der Waals surface area contributed by atoms with Gasteiger partial charge in [0, 0.05) is 12.1 Å². The van der Waals surface area contributed by atoms with Gasteiger partial charge in [0.2, 0.25) is 0 Å². The van der Waals surface area contributed by atoms with Crippen molar-refractivity contribution in [3.8, 4) is 0 Å². The number of carbonyl (C=O) groups is 1. The number of rotatable bonds is 3. The third-order valence-corrected chi connectivity index (χ3v) is 3.73. The Hall–Kier alpha value is -1.36. The summed E-state index contributed by atoms with van der Waals surface area (Å²) in [5, 5.41) is 2.66. The molecule has 1 heterocycles. The van der Waals surface area contributed by atoms with E-state index in [0.29, 0.717) is 6.42 Å². The highest BCUT2D eigenvalue weighted by Crippen LogP contribution is 2.45. The first-order valence-corrected chi connectivity index (χ1v) is 6.32. The molecule has 0 aliphatic carbocycles. The van der Waals surface area contributed by atoms with Crippen molar-refractivity contribution in [1.29, 1.82) is 0 Å². The van der Waals surface area contributed by atoms with Gasteiger partial charge in [-0.3, -0.25) is 4.79 Å². The van der Waals surface area contributed by atoms with Gasteiger partial charge in [-0.25, -0.2) is 0 Å². The van der Waals surface area contributed by atoms with Crippen molar-refractivity contribution < 1.29 is 18.0 Å². The maximum Gasteiger partial charge on any atom is 0.402 e. The van der Waals surface area contributed by atoms with E-state index in [1.54, 1.807) is 12.1 Å². The molecule has 1 aromatic carbocycles. The summed E-state index contributed by atoms with van der Waals surface area (Å²) in [4.78, 5) is 12.3. The van der Waals surface area contributed by atoms with E-state index in [-0.39, 0.29) is 25.1 Å². The molecule has 1 aliphatic heterocycles. The van der Waals surface area contributed by atoms with Crippen LogP contribution in [-0.4, -0.2) is 25.0 Å². The first-order chi connectivity index (χ1) is 8.90. The van der Waals surface area contributed by atoms with Gasteiger partial charge in [0.05, 0.1) is 0 Å². The topological polar surface area (TPSA) is 29.1 Å². The van der Waals surface area contributed by atoms with E-state index in [2.05, 4.69) is 5.32 Å². The van der Waals surface area contributed by atoms with Gasteiger partial charge in [0.25, 0.3) is 0 Å². The number of aryl methyl sites for hydroxylation is 1. The molecule has 1 N–H and O–H groups in total. The third-order valence-electron chi connectivity index (χ3n) is 3.73. The molecule has 19 heavy (non-hydrogen) atoms. The van der Waals surface area contributed by atoms with Gasteiger partial charge in [-0.2, -0.15) is 13.2 Å². The van der Waals surface area contributed by atoms with Gasteiger partial charge >= 0.3 is 6.18 Å². The molecule has 0 bridgehead atoms. The molecule has 104 valence electrons. The van der Waals surface area contributed by atoms with Crippen molar-refractivity contribution in [2.24, 2.45) is 5.41 Å². The average molecular weight is 271 g/mol. The van der Waals surface area contributed by atoms with E-state index in [1.165, 1.54) is 6.07 Å². The van der Waals surface area contributed by atoms with Crippen molar-refractivity contribution in [3.63, 3.8) is 0 Å². The quantitative estimate of drug-likeness (QED) is 0.856. The number of ketones is 1. The molecule has 1 saturated heterocycles. The Morgan fingerprint density at radius 3 is 2.68 bits per heavy atom. The minimum Gasteiger partial charge on any atom is -0.315 e. The molecule has 5 heteroatoms. The number of carbonyl (C=O) groups excluding carboxylic acids is 1. The molecule has 1 atom stereocenters. The van der Waals surface area contributed by atoms with Crippen LogP contribution in [0.15, 0.2) is 24.3 Å². The maximum atomic E-state index is 13.3. The summed E-state index contributed by atoms with van der Waals surface area (Å²) in [6, 6.07) is 6.48. The van der Waals surface area contributed by atoms with Gasteiger partial charge in [0.1, 0.15) is 5.41 Å². The van der Waals surface area contributed by atoms with E-state index in [1.807, 2.05) is 13.0 Å². The summed E-state index contributed by atoms with van der Waals surface area (Å²) in [5.41, 5.74) is -1.24. The van der Waals surface area contributed by atoms with Crippen molar-refractivity contribution >= 4 is 5.78 Å². The van der Waals surface area contributed by atoms with Gasteiger partial charge in [-0.1, -0.05) is 25.1 Å². The number of alkyl halides is 3. The number of Topliss-reactive ketones (excluding diaryl/α,β-unsaturated/α-hetero) is 1. The molecule has 2 nitrogen and oxygen atoms in total. The second kappa shape index (κ2) is 4.96. The van der Waals surface area contributed by atoms with Crippen LogP contribution < -0.4 is 5.32 Å². The first-order valence-electron chi connectivity index (χ1n) is 6.32. The lowest BCUT2D eigenvalue weighted by atomic mass is 9.78. The molecule has 1 aromatic rings. The monoisotopic (exact) mass is 271 g/mol. The molecule has 1 aliphatic rings. The standard InChI is InChI=1S/C14H16F3NO/c1-2-10-4-3-5-11(8-10)12(19)13(14(15,16)17)6-7-18-9-13/h3-5,8,18H,2,6-7,9H2,1H3. The summed E-state index contributed by atoms with van der Waals surface area (Å²) < 4.78 is 39.8. The van der Waals surface area contributed by atoms with Crippen LogP contribution in [0.25, 0.3) is 0 Å². The highest BCUT2D eigenvalue weighted by Gasteiger charge is 2.61. The summed E-state index contributed by atoms with van der Waals surface area (Å²) in [5.74, 6) is -0.819. The van der Waals surface area contributed by atoms with Gasteiger partial charge in [-0.05, 0) is 31.0 Å². The molecule has 0 radical (unpaired) electrons. The fraction of sp³-hybridized carbons (Fsp3) is 0.500. The predicted molar refractivity (Wildman–Crippen MR) is 66.1 cm³/mol. The second-order valence-corrected chi connectivity index (χ2v) is 4.89. The minimum atomic E-state index is -4.52. The van der Waals surface area contributed by atoms with Crippen LogP contribution in [0.5, 0.6) is 0 Å². The Morgan fingerprint density at radius 1 is 1.42 bits per heavy atom. The number of halogens is 3. The first kappa shape index (κ1) is 14.1. The molecule has 0 saturated carbocycles. The Labute approximate surface area is 110 Å². The SMILES string of the molecule is CCc1cccc(C(=O)C2(C(F)(F)F)CCNC2)c1. The van der Waals surface area contributed by atoms with Crippen LogP contribution in [0, 0.1) is 5.41 Å². The smallest absolute Gasteiger partial charge is 0.315 e. The maximum absolute atomic E-state index is 13.3. The minimum absolute atomic E-state index is 0.153. The highest BCUT2D eigenvalue weighted by molar-refractivity contribution is 6.01. The van der Waals surface area contributed by atoms with Crippen LogP contribution in [0.2, 0.25) is 0 Å². The summed E-state index contributed by atoms with van der Waals surface area (Å²) in [7, 11) is 0. The molecule has 0 aromatic heterocycles. The molecule has 1 unspecified atom stereocenters. The Bertz CT molecular complexity index is 476. The molecule has 2 rings (SSSR count). The number of hydrogen-bond donors (Lipinski definition) is 1. The van der Waals surface area contributed by atoms with Crippen LogP contribution >= 0.6 is 0 Å². The largest absolute Gasteiger partial charge is 0.402 e. The molecular formula is C14H16F3NO. The highest BCUT2D eigenvalue weighted by atomic mass is 19.4.